The van der Waals surface area contributed by atoms with Crippen molar-refractivity contribution in [1.29, 1.82) is 0 Å². The number of aromatic nitrogens is 4. The monoisotopic (exact) mass is 255 g/mol. The molecule has 0 fully saturated rings. The summed E-state index contributed by atoms with van der Waals surface area (Å²) in [6.45, 7) is 2.49. The standard InChI is InChI=1S/C14H17N5/c1-9-13(14-16-12(8-15)19(3)17-14)10-6-4-5-7-11(10)18(9)2/h4-7H,8,15H2,1-3H3. The Morgan fingerprint density at radius 2 is 1.95 bits per heavy atom. The number of benzene rings is 1. The molecular formula is C14H17N5. The average Bonchev–Trinajstić information content (AvgIpc) is 2.90. The second kappa shape index (κ2) is 4.20. The Morgan fingerprint density at radius 3 is 2.63 bits per heavy atom. The molecule has 0 radical (unpaired) electrons. The van der Waals surface area contributed by atoms with Crippen molar-refractivity contribution >= 4 is 10.9 Å². The van der Waals surface area contributed by atoms with Crippen LogP contribution in [0.3, 0.4) is 0 Å². The van der Waals surface area contributed by atoms with Gasteiger partial charge < -0.3 is 10.3 Å². The van der Waals surface area contributed by atoms with Gasteiger partial charge in [-0.3, -0.25) is 4.68 Å². The van der Waals surface area contributed by atoms with Gasteiger partial charge in [-0.15, -0.1) is 0 Å². The van der Waals surface area contributed by atoms with E-state index >= 15 is 0 Å². The van der Waals surface area contributed by atoms with E-state index < -0.39 is 0 Å². The molecule has 3 aromatic rings. The van der Waals surface area contributed by atoms with E-state index in [1.165, 1.54) is 10.9 Å². The highest BCUT2D eigenvalue weighted by atomic mass is 15.3. The van der Waals surface area contributed by atoms with Gasteiger partial charge in [0.15, 0.2) is 5.82 Å². The molecule has 98 valence electrons. The lowest BCUT2D eigenvalue weighted by Crippen LogP contribution is -2.05. The minimum absolute atomic E-state index is 0.396. The molecule has 2 N–H and O–H groups in total. The van der Waals surface area contributed by atoms with Crippen molar-refractivity contribution in [2.24, 2.45) is 19.8 Å². The third kappa shape index (κ3) is 1.66. The second-order valence-electron chi connectivity index (χ2n) is 4.72. The molecule has 2 aromatic heterocycles. The van der Waals surface area contributed by atoms with E-state index in [-0.39, 0.29) is 0 Å². The van der Waals surface area contributed by atoms with Crippen LogP contribution in [0, 0.1) is 6.92 Å². The fourth-order valence-electron chi connectivity index (χ4n) is 2.50. The molecule has 3 rings (SSSR count). The number of nitrogens with zero attached hydrogens (tertiary/aromatic N) is 4. The van der Waals surface area contributed by atoms with Gasteiger partial charge in [-0.05, 0) is 13.0 Å². The summed E-state index contributed by atoms with van der Waals surface area (Å²) in [5, 5.41) is 5.67. The first kappa shape index (κ1) is 11.9. The Kier molecular flexibility index (Phi) is 2.64. The van der Waals surface area contributed by atoms with E-state index in [1.54, 1.807) is 4.68 Å². The molecule has 0 atom stereocenters. The molecule has 1 aromatic carbocycles. The molecule has 0 aliphatic heterocycles. The lowest BCUT2D eigenvalue weighted by Gasteiger charge is -1.98. The van der Waals surface area contributed by atoms with Crippen LogP contribution >= 0.6 is 0 Å². The summed E-state index contributed by atoms with van der Waals surface area (Å²) in [6, 6.07) is 8.30. The van der Waals surface area contributed by atoms with Gasteiger partial charge in [-0.1, -0.05) is 18.2 Å². The number of nitrogens with two attached hydrogens (primary N) is 1. The molecule has 5 heteroatoms. The second-order valence-corrected chi connectivity index (χ2v) is 4.72. The first-order valence-electron chi connectivity index (χ1n) is 6.28. The highest BCUT2D eigenvalue weighted by molar-refractivity contribution is 5.96. The van der Waals surface area contributed by atoms with Crippen LogP contribution < -0.4 is 5.73 Å². The van der Waals surface area contributed by atoms with Gasteiger partial charge in [0, 0.05) is 36.3 Å². The zero-order valence-electron chi connectivity index (χ0n) is 11.4. The normalized spacial score (nSPS) is 11.4. The molecule has 19 heavy (non-hydrogen) atoms. The van der Waals surface area contributed by atoms with Gasteiger partial charge in [0.2, 0.25) is 0 Å². The van der Waals surface area contributed by atoms with Crippen molar-refractivity contribution in [2.75, 3.05) is 0 Å². The lowest BCUT2D eigenvalue weighted by atomic mass is 10.1. The van der Waals surface area contributed by atoms with Gasteiger partial charge in [0.1, 0.15) is 5.82 Å². The zero-order valence-corrected chi connectivity index (χ0v) is 11.4. The maximum absolute atomic E-state index is 5.67. The summed E-state index contributed by atoms with van der Waals surface area (Å²) < 4.78 is 3.92. The third-order valence-corrected chi connectivity index (χ3v) is 3.66. The van der Waals surface area contributed by atoms with Crippen molar-refractivity contribution in [3.63, 3.8) is 0 Å². The van der Waals surface area contributed by atoms with Gasteiger partial charge in [-0.25, -0.2) is 4.98 Å². The van der Waals surface area contributed by atoms with Crippen LogP contribution in [0.5, 0.6) is 0 Å². The SMILES string of the molecule is Cc1c(-c2nc(CN)n(C)n2)c2ccccc2n1C. The van der Waals surface area contributed by atoms with Crippen molar-refractivity contribution in [1.82, 2.24) is 19.3 Å². The molecule has 5 nitrogen and oxygen atoms in total. The first-order valence-corrected chi connectivity index (χ1v) is 6.28. The molecule has 0 unspecified atom stereocenters. The summed E-state index contributed by atoms with van der Waals surface area (Å²) >= 11 is 0. The number of hydrogen-bond donors (Lipinski definition) is 1. The summed E-state index contributed by atoms with van der Waals surface area (Å²) in [5.41, 5.74) is 9.11. The smallest absolute Gasteiger partial charge is 0.183 e. The predicted molar refractivity (Wildman–Crippen MR) is 75.5 cm³/mol. The van der Waals surface area contributed by atoms with Gasteiger partial charge in [-0.2, -0.15) is 5.10 Å². The highest BCUT2D eigenvalue weighted by Crippen LogP contribution is 2.31. The maximum atomic E-state index is 5.67. The summed E-state index contributed by atoms with van der Waals surface area (Å²) in [7, 11) is 3.94. The highest BCUT2D eigenvalue weighted by Gasteiger charge is 2.17. The van der Waals surface area contributed by atoms with Crippen LogP contribution in [0.25, 0.3) is 22.3 Å². The van der Waals surface area contributed by atoms with Gasteiger partial charge >= 0.3 is 0 Å². The zero-order chi connectivity index (χ0) is 13.6. The topological polar surface area (TPSA) is 61.7 Å². The van der Waals surface area contributed by atoms with Crippen LogP contribution in [0.2, 0.25) is 0 Å². The largest absolute Gasteiger partial charge is 0.347 e. The average molecular weight is 255 g/mol. The minimum atomic E-state index is 0.396. The molecule has 0 bridgehead atoms. The Morgan fingerprint density at radius 1 is 1.21 bits per heavy atom. The number of rotatable bonds is 2. The third-order valence-electron chi connectivity index (χ3n) is 3.66. The van der Waals surface area contributed by atoms with E-state index in [1.807, 2.05) is 19.2 Å². The molecule has 0 aliphatic rings. The fourth-order valence-corrected chi connectivity index (χ4v) is 2.50. The number of aryl methyl sites for hydroxylation is 2. The minimum Gasteiger partial charge on any atom is -0.347 e. The molecule has 0 amide bonds. The maximum Gasteiger partial charge on any atom is 0.183 e. The van der Waals surface area contributed by atoms with Gasteiger partial charge in [0.25, 0.3) is 0 Å². The Hall–Kier alpha value is -2.14. The fraction of sp³-hybridized carbons (Fsp3) is 0.286. The Labute approximate surface area is 111 Å². The van der Waals surface area contributed by atoms with E-state index in [0.717, 1.165) is 22.9 Å². The molecule has 0 aliphatic carbocycles. The molecule has 0 spiro atoms. The van der Waals surface area contributed by atoms with Crippen molar-refractivity contribution in [2.45, 2.75) is 13.5 Å². The summed E-state index contributed by atoms with van der Waals surface area (Å²) in [5.74, 6) is 1.54. The van der Waals surface area contributed by atoms with E-state index in [2.05, 4.69) is 40.8 Å². The Bertz CT molecular complexity index is 751. The van der Waals surface area contributed by atoms with Crippen molar-refractivity contribution < 1.29 is 0 Å². The lowest BCUT2D eigenvalue weighted by molar-refractivity contribution is 0.703. The van der Waals surface area contributed by atoms with Crippen molar-refractivity contribution in [3.8, 4) is 11.4 Å². The number of para-hydroxylation sites is 1. The summed E-state index contributed by atoms with van der Waals surface area (Å²) in [6.07, 6.45) is 0. The predicted octanol–water partition coefficient (Wildman–Crippen LogP) is 1.74. The van der Waals surface area contributed by atoms with Crippen LogP contribution in [0.15, 0.2) is 24.3 Å². The molecule has 0 saturated carbocycles. The quantitative estimate of drug-likeness (QED) is 0.758. The van der Waals surface area contributed by atoms with Crippen molar-refractivity contribution in [3.05, 3.63) is 35.8 Å². The number of fused-ring (bicyclic) bond motifs is 1. The van der Waals surface area contributed by atoms with Crippen LogP contribution in [0.1, 0.15) is 11.5 Å². The molecular weight excluding hydrogens is 238 g/mol. The number of hydrogen-bond acceptors (Lipinski definition) is 3. The van der Waals surface area contributed by atoms with E-state index in [0.29, 0.717) is 6.54 Å². The van der Waals surface area contributed by atoms with Crippen LogP contribution in [-0.4, -0.2) is 19.3 Å². The molecule has 2 heterocycles. The van der Waals surface area contributed by atoms with E-state index in [9.17, 15) is 0 Å². The molecule has 0 saturated heterocycles. The van der Waals surface area contributed by atoms with E-state index in [4.69, 9.17) is 5.73 Å². The first-order chi connectivity index (χ1) is 9.13. The summed E-state index contributed by atoms with van der Waals surface area (Å²) in [4.78, 5) is 4.54. The Balaban J connectivity index is 2.32. The van der Waals surface area contributed by atoms with Crippen LogP contribution in [-0.2, 0) is 20.6 Å². The van der Waals surface area contributed by atoms with Crippen LogP contribution in [0.4, 0.5) is 0 Å². The van der Waals surface area contributed by atoms with Gasteiger partial charge in [0.05, 0.1) is 6.54 Å².